The molecular weight excluding hydrogens is 174 g/mol. The number of unbranched alkanes of at least 4 members (excludes halogenated alkanes) is 6. The molecule has 0 amide bonds. The normalized spacial score (nSPS) is 19.3. The highest BCUT2D eigenvalue weighted by Crippen LogP contribution is 2.19. The zero-order chi connectivity index (χ0) is 10.3. The van der Waals surface area contributed by atoms with E-state index in [1.807, 2.05) is 0 Å². The maximum atomic E-state index is 9.79. The zero-order valence-electron chi connectivity index (χ0n) is 9.52. The Labute approximate surface area is 88.1 Å². The van der Waals surface area contributed by atoms with Gasteiger partial charge in [-0.05, 0) is 6.42 Å². The van der Waals surface area contributed by atoms with Crippen LogP contribution in [-0.2, 0) is 0 Å². The van der Waals surface area contributed by atoms with Crippen molar-refractivity contribution >= 4 is 0 Å². The van der Waals surface area contributed by atoms with Crippen molar-refractivity contribution in [3.8, 4) is 0 Å². The van der Waals surface area contributed by atoms with Gasteiger partial charge in [0.2, 0.25) is 0 Å². The van der Waals surface area contributed by atoms with Gasteiger partial charge in [0.25, 0.3) is 0 Å². The standard InChI is InChI=1S/C12H25NO/c1-2-3-4-5-6-7-8-9-12(14)10-13-11-12/h13-14H,2-11H2,1H3. The highest BCUT2D eigenvalue weighted by atomic mass is 16.3. The second-order valence-corrected chi connectivity index (χ2v) is 4.70. The lowest BCUT2D eigenvalue weighted by atomic mass is 9.90. The Morgan fingerprint density at radius 3 is 2.07 bits per heavy atom. The third kappa shape index (κ3) is 4.43. The van der Waals surface area contributed by atoms with Crippen molar-refractivity contribution in [1.82, 2.24) is 5.32 Å². The molecule has 0 aliphatic carbocycles. The molecular formula is C12H25NO. The molecule has 0 bridgehead atoms. The highest BCUT2D eigenvalue weighted by molar-refractivity contribution is 4.91. The van der Waals surface area contributed by atoms with Gasteiger partial charge in [0.05, 0.1) is 5.60 Å². The van der Waals surface area contributed by atoms with Gasteiger partial charge in [-0.25, -0.2) is 0 Å². The van der Waals surface area contributed by atoms with Gasteiger partial charge in [-0.3, -0.25) is 0 Å². The lowest BCUT2D eigenvalue weighted by Gasteiger charge is -2.37. The molecule has 2 nitrogen and oxygen atoms in total. The van der Waals surface area contributed by atoms with Gasteiger partial charge in [-0.1, -0.05) is 51.9 Å². The molecule has 0 radical (unpaired) electrons. The van der Waals surface area contributed by atoms with E-state index >= 15 is 0 Å². The van der Waals surface area contributed by atoms with Gasteiger partial charge in [0.1, 0.15) is 0 Å². The first-order valence-electron chi connectivity index (χ1n) is 6.20. The maximum Gasteiger partial charge on any atom is 0.0895 e. The maximum absolute atomic E-state index is 9.79. The van der Waals surface area contributed by atoms with E-state index in [0.29, 0.717) is 0 Å². The summed E-state index contributed by atoms with van der Waals surface area (Å²) in [6.45, 7) is 3.87. The van der Waals surface area contributed by atoms with E-state index in [-0.39, 0.29) is 5.60 Å². The lowest BCUT2D eigenvalue weighted by molar-refractivity contribution is -0.0191. The van der Waals surface area contributed by atoms with Crippen molar-refractivity contribution in [2.45, 2.75) is 63.9 Å². The number of hydrogen-bond acceptors (Lipinski definition) is 2. The first-order valence-corrected chi connectivity index (χ1v) is 6.20. The quantitative estimate of drug-likeness (QED) is 0.589. The molecule has 84 valence electrons. The fraction of sp³-hybridized carbons (Fsp3) is 1.00. The summed E-state index contributed by atoms with van der Waals surface area (Å²) in [5.74, 6) is 0. The molecule has 0 aromatic carbocycles. The van der Waals surface area contributed by atoms with Crippen LogP contribution in [0.25, 0.3) is 0 Å². The molecule has 1 heterocycles. The molecule has 1 fully saturated rings. The summed E-state index contributed by atoms with van der Waals surface area (Å²) in [5.41, 5.74) is -0.344. The summed E-state index contributed by atoms with van der Waals surface area (Å²) in [5, 5.41) is 12.9. The van der Waals surface area contributed by atoms with E-state index in [1.54, 1.807) is 0 Å². The molecule has 1 aliphatic heterocycles. The summed E-state index contributed by atoms with van der Waals surface area (Å²) < 4.78 is 0. The molecule has 0 spiro atoms. The molecule has 2 N–H and O–H groups in total. The first kappa shape index (κ1) is 12.0. The summed E-state index contributed by atoms with van der Waals surface area (Å²) in [6, 6.07) is 0. The van der Waals surface area contributed by atoms with Crippen LogP contribution in [0, 0.1) is 0 Å². The van der Waals surface area contributed by atoms with Crippen molar-refractivity contribution in [2.24, 2.45) is 0 Å². The van der Waals surface area contributed by atoms with Crippen LogP contribution >= 0.6 is 0 Å². The Kier molecular flexibility index (Phi) is 5.49. The molecule has 0 unspecified atom stereocenters. The molecule has 0 aromatic rings. The minimum atomic E-state index is -0.344. The van der Waals surface area contributed by atoms with E-state index in [9.17, 15) is 5.11 Å². The van der Waals surface area contributed by atoms with Gasteiger partial charge in [0, 0.05) is 13.1 Å². The van der Waals surface area contributed by atoms with Crippen molar-refractivity contribution in [3.05, 3.63) is 0 Å². The smallest absolute Gasteiger partial charge is 0.0895 e. The van der Waals surface area contributed by atoms with Crippen LogP contribution in [0.15, 0.2) is 0 Å². The summed E-state index contributed by atoms with van der Waals surface area (Å²) in [7, 11) is 0. The average Bonchev–Trinajstić information content (AvgIpc) is 2.14. The molecule has 14 heavy (non-hydrogen) atoms. The van der Waals surface area contributed by atoms with Crippen LogP contribution in [-0.4, -0.2) is 23.8 Å². The summed E-state index contributed by atoms with van der Waals surface area (Å²) in [6.07, 6.45) is 10.3. The van der Waals surface area contributed by atoms with Crippen LogP contribution < -0.4 is 5.32 Å². The minimum Gasteiger partial charge on any atom is -0.387 e. The van der Waals surface area contributed by atoms with Crippen LogP contribution in [0.5, 0.6) is 0 Å². The van der Waals surface area contributed by atoms with Gasteiger partial charge in [-0.15, -0.1) is 0 Å². The van der Waals surface area contributed by atoms with Gasteiger partial charge in [-0.2, -0.15) is 0 Å². The fourth-order valence-electron chi connectivity index (χ4n) is 2.00. The van der Waals surface area contributed by atoms with Crippen molar-refractivity contribution in [2.75, 3.05) is 13.1 Å². The van der Waals surface area contributed by atoms with Crippen molar-refractivity contribution in [1.29, 1.82) is 0 Å². The second kappa shape index (κ2) is 6.41. The lowest BCUT2D eigenvalue weighted by Crippen LogP contribution is -2.59. The highest BCUT2D eigenvalue weighted by Gasteiger charge is 2.32. The summed E-state index contributed by atoms with van der Waals surface area (Å²) >= 11 is 0. The van der Waals surface area contributed by atoms with Gasteiger partial charge in [0.15, 0.2) is 0 Å². The molecule has 0 atom stereocenters. The van der Waals surface area contributed by atoms with Crippen LogP contribution in [0.2, 0.25) is 0 Å². The van der Waals surface area contributed by atoms with E-state index in [2.05, 4.69) is 12.2 Å². The topological polar surface area (TPSA) is 32.3 Å². The first-order chi connectivity index (χ1) is 6.77. The number of β-amino-alcohol motifs (C(OH)–C–C–N with tert-alkyl or cyclic N) is 1. The predicted octanol–water partition coefficient (Wildman–Crippen LogP) is 2.46. The fourth-order valence-corrected chi connectivity index (χ4v) is 2.00. The molecule has 0 saturated carbocycles. The summed E-state index contributed by atoms with van der Waals surface area (Å²) in [4.78, 5) is 0. The van der Waals surface area contributed by atoms with Crippen LogP contribution in [0.4, 0.5) is 0 Å². The Morgan fingerprint density at radius 2 is 1.57 bits per heavy atom. The van der Waals surface area contributed by atoms with Gasteiger partial charge >= 0.3 is 0 Å². The Morgan fingerprint density at radius 1 is 1.00 bits per heavy atom. The SMILES string of the molecule is CCCCCCCCCC1(O)CNC1. The second-order valence-electron chi connectivity index (χ2n) is 4.70. The van der Waals surface area contributed by atoms with Crippen molar-refractivity contribution in [3.63, 3.8) is 0 Å². The number of rotatable bonds is 8. The van der Waals surface area contributed by atoms with Crippen LogP contribution in [0.1, 0.15) is 58.3 Å². The predicted molar refractivity (Wildman–Crippen MR) is 60.4 cm³/mol. The number of nitrogens with one attached hydrogen (secondary N) is 1. The van der Waals surface area contributed by atoms with Crippen molar-refractivity contribution < 1.29 is 5.11 Å². The third-order valence-electron chi connectivity index (χ3n) is 3.15. The van der Waals surface area contributed by atoms with E-state index in [4.69, 9.17) is 0 Å². The average molecular weight is 199 g/mol. The third-order valence-corrected chi connectivity index (χ3v) is 3.15. The number of aliphatic hydroxyl groups is 1. The largest absolute Gasteiger partial charge is 0.387 e. The van der Waals surface area contributed by atoms with E-state index in [1.165, 1.54) is 44.9 Å². The minimum absolute atomic E-state index is 0.344. The molecule has 1 aliphatic rings. The molecule has 2 heteroatoms. The van der Waals surface area contributed by atoms with Gasteiger partial charge < -0.3 is 10.4 Å². The Hall–Kier alpha value is -0.0800. The molecule has 1 rings (SSSR count). The Bertz CT molecular complexity index is 143. The van der Waals surface area contributed by atoms with Crippen LogP contribution in [0.3, 0.4) is 0 Å². The molecule has 1 saturated heterocycles. The molecule has 0 aromatic heterocycles. The zero-order valence-corrected chi connectivity index (χ0v) is 9.52. The van der Waals surface area contributed by atoms with E-state index in [0.717, 1.165) is 19.5 Å². The Balaban J connectivity index is 1.80. The number of hydrogen-bond donors (Lipinski definition) is 2. The monoisotopic (exact) mass is 199 g/mol. The van der Waals surface area contributed by atoms with E-state index < -0.39 is 0 Å².